The summed E-state index contributed by atoms with van der Waals surface area (Å²) in [5.74, 6) is 1.04. The monoisotopic (exact) mass is 362 g/mol. The number of rotatable bonds is 3. The van der Waals surface area contributed by atoms with E-state index in [0.29, 0.717) is 4.64 Å². The SMILES string of the molecule is CCc1[nH]c(C2(c3ccccc3)CCCC2)nc(=S)c1Br. The molecule has 0 bridgehead atoms. The van der Waals surface area contributed by atoms with Gasteiger partial charge in [0, 0.05) is 5.69 Å². The lowest BCUT2D eigenvalue weighted by atomic mass is 9.78. The lowest BCUT2D eigenvalue weighted by molar-refractivity contribution is 0.495. The highest BCUT2D eigenvalue weighted by Gasteiger charge is 2.39. The number of aromatic nitrogens is 2. The Bertz CT molecular complexity index is 688. The molecule has 1 heterocycles. The van der Waals surface area contributed by atoms with Crippen LogP contribution in [-0.4, -0.2) is 9.97 Å². The first kappa shape index (κ1) is 14.9. The van der Waals surface area contributed by atoms with Crippen molar-refractivity contribution in [3.63, 3.8) is 0 Å². The second kappa shape index (κ2) is 6.01. The Hall–Kier alpha value is -1.00. The molecule has 0 unspecified atom stereocenters. The molecule has 4 heteroatoms. The molecule has 0 atom stereocenters. The summed E-state index contributed by atoms with van der Waals surface area (Å²) in [6.45, 7) is 2.14. The molecule has 0 saturated heterocycles. The Morgan fingerprint density at radius 2 is 1.90 bits per heavy atom. The first-order valence-electron chi connectivity index (χ1n) is 7.52. The van der Waals surface area contributed by atoms with Crippen molar-refractivity contribution in [2.45, 2.75) is 44.4 Å². The van der Waals surface area contributed by atoms with E-state index in [0.717, 1.165) is 35.3 Å². The van der Waals surface area contributed by atoms with Crippen molar-refractivity contribution in [2.75, 3.05) is 0 Å². The fourth-order valence-corrected chi connectivity index (χ4v) is 4.06. The zero-order valence-electron chi connectivity index (χ0n) is 12.2. The molecule has 0 aliphatic heterocycles. The molecule has 21 heavy (non-hydrogen) atoms. The van der Waals surface area contributed by atoms with Crippen molar-refractivity contribution >= 4 is 28.1 Å². The lowest BCUT2D eigenvalue weighted by Crippen LogP contribution is -2.27. The van der Waals surface area contributed by atoms with Gasteiger partial charge in [-0.05, 0) is 40.8 Å². The molecule has 2 nitrogen and oxygen atoms in total. The first-order valence-corrected chi connectivity index (χ1v) is 8.72. The van der Waals surface area contributed by atoms with Crippen LogP contribution in [0.4, 0.5) is 0 Å². The van der Waals surface area contributed by atoms with E-state index in [1.807, 2.05) is 0 Å². The van der Waals surface area contributed by atoms with E-state index < -0.39 is 0 Å². The summed E-state index contributed by atoms with van der Waals surface area (Å²) < 4.78 is 1.60. The summed E-state index contributed by atoms with van der Waals surface area (Å²) in [7, 11) is 0. The van der Waals surface area contributed by atoms with Crippen LogP contribution in [0, 0.1) is 4.64 Å². The number of nitrogens with one attached hydrogen (secondary N) is 1. The fraction of sp³-hybridized carbons (Fsp3) is 0.412. The third kappa shape index (κ3) is 2.59. The summed E-state index contributed by atoms with van der Waals surface area (Å²) >= 11 is 9.01. The number of hydrogen-bond donors (Lipinski definition) is 1. The lowest BCUT2D eigenvalue weighted by Gasteiger charge is -2.29. The van der Waals surface area contributed by atoms with Crippen LogP contribution in [0.25, 0.3) is 0 Å². The minimum atomic E-state index is -0.000556. The number of nitrogens with zero attached hydrogens (tertiary/aromatic N) is 1. The van der Waals surface area contributed by atoms with E-state index >= 15 is 0 Å². The zero-order chi connectivity index (χ0) is 14.9. The Kier molecular flexibility index (Phi) is 4.27. The molecule has 1 aromatic carbocycles. The number of hydrogen-bond acceptors (Lipinski definition) is 2. The van der Waals surface area contributed by atoms with Gasteiger partial charge in [-0.1, -0.05) is 62.3 Å². The number of halogens is 1. The maximum absolute atomic E-state index is 5.45. The van der Waals surface area contributed by atoms with E-state index in [1.165, 1.54) is 18.4 Å². The average Bonchev–Trinajstić information content (AvgIpc) is 3.01. The maximum Gasteiger partial charge on any atom is 0.144 e. The molecule has 110 valence electrons. The van der Waals surface area contributed by atoms with Gasteiger partial charge in [-0.15, -0.1) is 0 Å². The third-order valence-electron chi connectivity index (χ3n) is 4.53. The van der Waals surface area contributed by atoms with Gasteiger partial charge in [-0.25, -0.2) is 4.98 Å². The van der Waals surface area contributed by atoms with Crippen LogP contribution < -0.4 is 0 Å². The number of benzene rings is 1. The van der Waals surface area contributed by atoms with Gasteiger partial charge in [0.2, 0.25) is 0 Å². The molecular weight excluding hydrogens is 344 g/mol. The van der Waals surface area contributed by atoms with Crippen LogP contribution in [0.3, 0.4) is 0 Å². The molecule has 0 radical (unpaired) electrons. The number of aryl methyl sites for hydroxylation is 1. The maximum atomic E-state index is 5.45. The molecule has 1 aliphatic rings. The van der Waals surface area contributed by atoms with Crippen LogP contribution in [0.1, 0.15) is 49.7 Å². The van der Waals surface area contributed by atoms with Crippen LogP contribution in [0.15, 0.2) is 34.8 Å². The van der Waals surface area contributed by atoms with Gasteiger partial charge >= 0.3 is 0 Å². The Labute approximate surface area is 139 Å². The van der Waals surface area contributed by atoms with Gasteiger partial charge < -0.3 is 4.98 Å². The summed E-state index contributed by atoms with van der Waals surface area (Å²) in [5, 5.41) is 0. The fourth-order valence-electron chi connectivity index (χ4n) is 3.37. The van der Waals surface area contributed by atoms with Gasteiger partial charge in [-0.2, -0.15) is 0 Å². The second-order valence-electron chi connectivity index (χ2n) is 5.69. The van der Waals surface area contributed by atoms with Gasteiger partial charge in [0.05, 0.1) is 9.89 Å². The molecule has 1 saturated carbocycles. The molecule has 1 N–H and O–H groups in total. The van der Waals surface area contributed by atoms with Crippen molar-refractivity contribution in [1.82, 2.24) is 9.97 Å². The molecule has 1 aromatic heterocycles. The normalized spacial score (nSPS) is 17.0. The van der Waals surface area contributed by atoms with E-state index in [1.54, 1.807) is 0 Å². The van der Waals surface area contributed by atoms with Crippen LogP contribution >= 0.6 is 28.1 Å². The highest BCUT2D eigenvalue weighted by atomic mass is 79.9. The van der Waals surface area contributed by atoms with Gasteiger partial charge in [0.15, 0.2) is 0 Å². The molecule has 0 spiro atoms. The van der Waals surface area contributed by atoms with Gasteiger partial charge in [-0.3, -0.25) is 0 Å². The summed E-state index contributed by atoms with van der Waals surface area (Å²) in [5.41, 5.74) is 2.50. The van der Waals surface area contributed by atoms with E-state index in [2.05, 4.69) is 58.2 Å². The quantitative estimate of drug-likeness (QED) is 0.748. The molecule has 1 aliphatic carbocycles. The first-order chi connectivity index (χ1) is 10.2. The van der Waals surface area contributed by atoms with Crippen molar-refractivity contribution in [2.24, 2.45) is 0 Å². The van der Waals surface area contributed by atoms with Crippen LogP contribution in [0.5, 0.6) is 0 Å². The summed E-state index contributed by atoms with van der Waals surface area (Å²) in [6.07, 6.45) is 5.69. The zero-order valence-corrected chi connectivity index (χ0v) is 14.6. The minimum absolute atomic E-state index is 0.000556. The average molecular weight is 363 g/mol. The van der Waals surface area contributed by atoms with Crippen LogP contribution in [-0.2, 0) is 11.8 Å². The topological polar surface area (TPSA) is 28.7 Å². The predicted octanol–water partition coefficient (Wildman–Crippen LogP) is 5.32. The predicted molar refractivity (Wildman–Crippen MR) is 92.2 cm³/mol. The van der Waals surface area contributed by atoms with Crippen molar-refractivity contribution in [1.29, 1.82) is 0 Å². The van der Waals surface area contributed by atoms with Gasteiger partial charge in [0.25, 0.3) is 0 Å². The van der Waals surface area contributed by atoms with E-state index in [-0.39, 0.29) is 5.41 Å². The molecular formula is C17H19BrN2S. The Morgan fingerprint density at radius 1 is 1.24 bits per heavy atom. The standard InChI is InChI=1S/C17H19BrN2S/c1-2-13-14(18)15(21)20-16(19-13)17(10-6-7-11-17)12-8-4-3-5-9-12/h3-5,8-9H,2,6-7,10-11H2,1H3,(H,19,20,21). The van der Waals surface area contributed by atoms with Crippen molar-refractivity contribution < 1.29 is 0 Å². The second-order valence-corrected chi connectivity index (χ2v) is 6.87. The summed E-state index contributed by atoms with van der Waals surface area (Å²) in [4.78, 5) is 8.28. The Balaban J connectivity index is 2.19. The smallest absolute Gasteiger partial charge is 0.144 e. The highest BCUT2D eigenvalue weighted by molar-refractivity contribution is 9.10. The number of aromatic amines is 1. The van der Waals surface area contributed by atoms with Crippen LogP contribution in [0.2, 0.25) is 0 Å². The van der Waals surface area contributed by atoms with E-state index in [4.69, 9.17) is 17.2 Å². The van der Waals surface area contributed by atoms with E-state index in [9.17, 15) is 0 Å². The van der Waals surface area contributed by atoms with Crippen molar-refractivity contribution in [3.05, 3.63) is 56.5 Å². The Morgan fingerprint density at radius 3 is 2.52 bits per heavy atom. The van der Waals surface area contributed by atoms with Crippen molar-refractivity contribution in [3.8, 4) is 0 Å². The molecule has 3 rings (SSSR count). The molecule has 1 fully saturated rings. The minimum Gasteiger partial charge on any atom is -0.345 e. The summed E-state index contributed by atoms with van der Waals surface area (Å²) in [6, 6.07) is 10.7. The third-order valence-corrected chi connectivity index (χ3v) is 5.94. The van der Waals surface area contributed by atoms with Gasteiger partial charge in [0.1, 0.15) is 10.5 Å². The largest absolute Gasteiger partial charge is 0.345 e. The highest BCUT2D eigenvalue weighted by Crippen LogP contribution is 2.45. The molecule has 0 amide bonds. The molecule has 2 aromatic rings. The number of H-pyrrole nitrogens is 1.